The van der Waals surface area contributed by atoms with Gasteiger partial charge in [-0.3, -0.25) is 0 Å². The minimum Gasteiger partial charge on any atom is -0.481 e. The Kier molecular flexibility index (Phi) is 4.98. The predicted octanol–water partition coefficient (Wildman–Crippen LogP) is 5.15. The molecule has 0 radical (unpaired) electrons. The molecular weight excluding hydrogens is 495 g/mol. The fourth-order valence-electron chi connectivity index (χ4n) is 4.61. The van der Waals surface area contributed by atoms with Gasteiger partial charge in [0, 0.05) is 28.9 Å². The molecule has 1 saturated heterocycles. The molecule has 0 amide bonds. The van der Waals surface area contributed by atoms with Gasteiger partial charge in [-0.15, -0.1) is 0 Å². The third-order valence-electron chi connectivity index (χ3n) is 5.74. The molecule has 2 fully saturated rings. The van der Waals surface area contributed by atoms with Gasteiger partial charge >= 0.3 is 0 Å². The molecule has 1 saturated carbocycles. The second kappa shape index (κ2) is 7.31. The van der Waals surface area contributed by atoms with Gasteiger partial charge in [-0.25, -0.2) is 9.97 Å². The van der Waals surface area contributed by atoms with Crippen LogP contribution in [0.1, 0.15) is 37.8 Å². The maximum atomic E-state index is 6.35. The maximum absolute atomic E-state index is 6.35. The summed E-state index contributed by atoms with van der Waals surface area (Å²) in [6, 6.07) is 3.93. The van der Waals surface area contributed by atoms with Crippen LogP contribution in [-0.4, -0.2) is 44.6 Å². The Labute approximate surface area is 191 Å². The molecule has 30 heavy (non-hydrogen) atoms. The quantitative estimate of drug-likeness (QED) is 0.356. The second-order valence-corrected chi connectivity index (χ2v) is 9.52. The first-order valence-electron chi connectivity index (χ1n) is 9.52. The van der Waals surface area contributed by atoms with Crippen LogP contribution in [0.2, 0.25) is 10.4 Å². The summed E-state index contributed by atoms with van der Waals surface area (Å²) < 4.78 is 20.9. The van der Waals surface area contributed by atoms with Crippen molar-refractivity contribution in [2.24, 2.45) is 0 Å². The Bertz CT molecular complexity index is 1140. The summed E-state index contributed by atoms with van der Waals surface area (Å²) in [5.41, 5.74) is 1.76. The van der Waals surface area contributed by atoms with Gasteiger partial charge in [0.1, 0.15) is 16.9 Å². The topological polar surface area (TPSA) is 71.3 Å². The number of ether oxygens (including phenoxy) is 3. The van der Waals surface area contributed by atoms with Gasteiger partial charge in [0.15, 0.2) is 5.79 Å². The minimum atomic E-state index is -0.687. The standard InChI is InChI=1S/C20H19BrCl2N4O3/c1-20(2)29-15-10(9-4-5-24-13(6-9)28-3)7-12(16(15)30-20)27-8-11(21)14-17(22)25-19(23)26-18(14)27/h4-6,8,10,12,15-16H,7H2,1-3H3/t10-,12-,15-,16+/m1/s1. The van der Waals surface area contributed by atoms with Crippen molar-refractivity contribution in [3.05, 3.63) is 45.0 Å². The van der Waals surface area contributed by atoms with E-state index < -0.39 is 5.79 Å². The summed E-state index contributed by atoms with van der Waals surface area (Å²) in [7, 11) is 1.61. The molecule has 3 aromatic heterocycles. The average Bonchev–Trinajstić information content (AvgIpc) is 3.29. The Balaban J connectivity index is 1.62. The highest BCUT2D eigenvalue weighted by molar-refractivity contribution is 9.10. The maximum Gasteiger partial charge on any atom is 0.225 e. The van der Waals surface area contributed by atoms with E-state index in [9.17, 15) is 0 Å². The van der Waals surface area contributed by atoms with E-state index in [1.54, 1.807) is 13.3 Å². The van der Waals surface area contributed by atoms with Crippen molar-refractivity contribution in [2.45, 2.75) is 50.2 Å². The zero-order valence-corrected chi connectivity index (χ0v) is 19.6. The second-order valence-electron chi connectivity index (χ2n) is 7.97. The zero-order valence-electron chi connectivity index (χ0n) is 16.5. The van der Waals surface area contributed by atoms with E-state index in [0.29, 0.717) is 16.7 Å². The Hall–Kier alpha value is -1.45. The number of hydrogen-bond acceptors (Lipinski definition) is 6. The monoisotopic (exact) mass is 512 g/mol. The zero-order chi connectivity index (χ0) is 21.2. The molecule has 4 heterocycles. The summed E-state index contributed by atoms with van der Waals surface area (Å²) in [4.78, 5) is 12.8. The fourth-order valence-corrected chi connectivity index (χ4v) is 5.78. The normalized spacial score (nSPS) is 27.5. The van der Waals surface area contributed by atoms with Crippen LogP contribution in [-0.2, 0) is 9.47 Å². The van der Waals surface area contributed by atoms with Crippen molar-refractivity contribution >= 4 is 50.2 Å². The first-order chi connectivity index (χ1) is 14.3. The number of methoxy groups -OCH3 is 1. The molecule has 7 nitrogen and oxygen atoms in total. The highest BCUT2D eigenvalue weighted by Crippen LogP contribution is 2.52. The largest absolute Gasteiger partial charge is 0.481 e. The van der Waals surface area contributed by atoms with Crippen molar-refractivity contribution in [3.8, 4) is 5.88 Å². The molecule has 158 valence electrons. The van der Waals surface area contributed by atoms with Gasteiger partial charge in [0.05, 0.1) is 24.6 Å². The van der Waals surface area contributed by atoms with Crippen LogP contribution in [0, 0.1) is 0 Å². The summed E-state index contributed by atoms with van der Waals surface area (Å²) in [6.45, 7) is 3.87. The molecule has 0 aromatic carbocycles. The smallest absolute Gasteiger partial charge is 0.225 e. The molecule has 0 bridgehead atoms. The van der Waals surface area contributed by atoms with E-state index in [-0.39, 0.29) is 29.5 Å². The lowest BCUT2D eigenvalue weighted by Crippen LogP contribution is -2.27. The van der Waals surface area contributed by atoms with Gasteiger partial charge in [-0.05, 0) is 59.4 Å². The highest BCUT2D eigenvalue weighted by atomic mass is 79.9. The molecule has 10 heteroatoms. The van der Waals surface area contributed by atoms with Gasteiger partial charge in [-0.1, -0.05) is 11.6 Å². The lowest BCUT2D eigenvalue weighted by atomic mass is 9.96. The van der Waals surface area contributed by atoms with E-state index in [1.807, 2.05) is 32.2 Å². The van der Waals surface area contributed by atoms with E-state index in [2.05, 4.69) is 35.4 Å². The van der Waals surface area contributed by atoms with Crippen molar-refractivity contribution in [1.82, 2.24) is 19.5 Å². The van der Waals surface area contributed by atoms with Crippen LogP contribution >= 0.6 is 39.1 Å². The Morgan fingerprint density at radius 1 is 1.23 bits per heavy atom. The summed E-state index contributed by atoms with van der Waals surface area (Å²) in [6.07, 6.45) is 4.22. The summed E-state index contributed by atoms with van der Waals surface area (Å²) in [5.74, 6) is -0.0118. The third kappa shape index (κ3) is 3.29. The number of aromatic nitrogens is 4. The number of rotatable bonds is 3. The van der Waals surface area contributed by atoms with Crippen molar-refractivity contribution in [3.63, 3.8) is 0 Å². The molecule has 1 aliphatic carbocycles. The number of nitrogens with zero attached hydrogens (tertiary/aromatic N) is 4. The van der Waals surface area contributed by atoms with Crippen LogP contribution in [0.5, 0.6) is 5.88 Å². The molecule has 0 N–H and O–H groups in total. The Morgan fingerprint density at radius 2 is 2.00 bits per heavy atom. The number of hydrogen-bond donors (Lipinski definition) is 0. The molecule has 3 aromatic rings. The van der Waals surface area contributed by atoms with Crippen molar-refractivity contribution < 1.29 is 14.2 Å². The molecule has 0 spiro atoms. The van der Waals surface area contributed by atoms with Crippen LogP contribution in [0.4, 0.5) is 0 Å². The van der Waals surface area contributed by atoms with Crippen molar-refractivity contribution in [2.75, 3.05) is 7.11 Å². The lowest BCUT2D eigenvalue weighted by Gasteiger charge is -2.24. The van der Waals surface area contributed by atoms with Crippen LogP contribution in [0.3, 0.4) is 0 Å². The Morgan fingerprint density at radius 3 is 2.77 bits per heavy atom. The number of fused-ring (bicyclic) bond motifs is 2. The van der Waals surface area contributed by atoms with Crippen molar-refractivity contribution in [1.29, 1.82) is 0 Å². The van der Waals surface area contributed by atoms with Crippen LogP contribution < -0.4 is 4.74 Å². The van der Waals surface area contributed by atoms with E-state index >= 15 is 0 Å². The summed E-state index contributed by atoms with van der Waals surface area (Å²) >= 11 is 16.0. The van der Waals surface area contributed by atoms with E-state index in [1.165, 1.54) is 0 Å². The molecule has 2 aliphatic rings. The first-order valence-corrected chi connectivity index (χ1v) is 11.1. The molecule has 5 rings (SSSR count). The third-order valence-corrected chi connectivity index (χ3v) is 6.79. The molecular formula is C20H19BrCl2N4O3. The fraction of sp³-hybridized carbons (Fsp3) is 0.450. The molecule has 4 atom stereocenters. The molecule has 0 unspecified atom stereocenters. The minimum absolute atomic E-state index is 0.0308. The molecule has 1 aliphatic heterocycles. The van der Waals surface area contributed by atoms with Gasteiger partial charge in [-0.2, -0.15) is 4.98 Å². The summed E-state index contributed by atoms with van der Waals surface area (Å²) in [5, 5.41) is 1.14. The highest BCUT2D eigenvalue weighted by Gasteiger charge is 2.55. The van der Waals surface area contributed by atoms with Crippen LogP contribution in [0.25, 0.3) is 11.0 Å². The average molecular weight is 514 g/mol. The number of halogens is 3. The van der Waals surface area contributed by atoms with E-state index in [4.69, 9.17) is 37.4 Å². The van der Waals surface area contributed by atoms with E-state index in [0.717, 1.165) is 21.8 Å². The predicted molar refractivity (Wildman–Crippen MR) is 116 cm³/mol. The van der Waals surface area contributed by atoms with Gasteiger partial charge < -0.3 is 18.8 Å². The lowest BCUT2D eigenvalue weighted by molar-refractivity contribution is -0.157. The van der Waals surface area contributed by atoms with Crippen LogP contribution in [0.15, 0.2) is 29.0 Å². The van der Waals surface area contributed by atoms with Gasteiger partial charge in [0.25, 0.3) is 0 Å². The first kappa shape index (κ1) is 20.5. The van der Waals surface area contributed by atoms with Gasteiger partial charge in [0.2, 0.25) is 11.2 Å². The number of pyridine rings is 1. The SMILES string of the molecule is COc1cc([C@H]2C[C@@H](n3cc(Br)c4c(Cl)nc(Cl)nc43)[C@@H]3OC(C)(C)O[C@@H]32)ccn1.